The van der Waals surface area contributed by atoms with Crippen LogP contribution in [0.4, 0.5) is 0 Å². The van der Waals surface area contributed by atoms with Crippen LogP contribution in [0, 0.1) is 5.92 Å². The number of phenols is 1. The number of carbonyl (C=O) groups excluding carboxylic acids is 4. The van der Waals surface area contributed by atoms with Crippen molar-refractivity contribution in [3.05, 3.63) is 29.8 Å². The number of rotatable bonds is 13. The van der Waals surface area contributed by atoms with Crippen molar-refractivity contribution in [1.82, 2.24) is 16.0 Å². The summed E-state index contributed by atoms with van der Waals surface area (Å²) in [7, 11) is 0. The lowest BCUT2D eigenvalue weighted by Crippen LogP contribution is -2.55. The molecule has 1 aromatic rings. The van der Waals surface area contributed by atoms with Gasteiger partial charge in [-0.3, -0.25) is 19.2 Å². The van der Waals surface area contributed by atoms with Crippen LogP contribution in [0.2, 0.25) is 0 Å². The molecule has 0 aliphatic carbocycles. The number of carboxylic acids is 1. The molecule has 1 rings (SSSR count). The normalized spacial score (nSPS) is 13.5. The van der Waals surface area contributed by atoms with Crippen molar-refractivity contribution in [3.8, 4) is 5.75 Å². The minimum absolute atomic E-state index is 0.0309. The molecule has 0 aliphatic heterocycles. The molecule has 12 nitrogen and oxygen atoms in total. The van der Waals surface area contributed by atoms with Crippen LogP contribution in [-0.4, -0.2) is 64.5 Å². The first-order valence-electron chi connectivity index (χ1n) is 10.3. The fraction of sp³-hybridized carbons (Fsp3) is 0.476. The predicted molar refractivity (Wildman–Crippen MR) is 118 cm³/mol. The van der Waals surface area contributed by atoms with Crippen LogP contribution in [0.3, 0.4) is 0 Å². The van der Waals surface area contributed by atoms with Crippen LogP contribution >= 0.6 is 0 Å². The highest BCUT2D eigenvalue weighted by Gasteiger charge is 2.28. The van der Waals surface area contributed by atoms with Crippen molar-refractivity contribution in [2.45, 2.75) is 51.2 Å². The second-order valence-electron chi connectivity index (χ2n) is 8.01. The van der Waals surface area contributed by atoms with E-state index in [0.717, 1.165) is 0 Å². The van der Waals surface area contributed by atoms with Crippen LogP contribution < -0.4 is 27.4 Å². The van der Waals surface area contributed by atoms with Gasteiger partial charge in [0.2, 0.25) is 23.6 Å². The molecule has 182 valence electrons. The molecule has 0 saturated carbocycles. The standard InChI is InChI=1S/C21H31N5O7/c1-11(2)7-16(21(32)33)26-20(31)15(9-17(23)28)25-18(29)10-24-19(30)14(22)8-12-3-5-13(27)6-4-12/h3-6,11,14-16,27H,7-10,22H2,1-2H3,(H2,23,28)(H,24,30)(H,25,29)(H,26,31)(H,32,33). The monoisotopic (exact) mass is 465 g/mol. The highest BCUT2D eigenvalue weighted by Crippen LogP contribution is 2.11. The Kier molecular flexibility index (Phi) is 10.8. The third-order valence-corrected chi connectivity index (χ3v) is 4.53. The zero-order valence-corrected chi connectivity index (χ0v) is 18.5. The van der Waals surface area contributed by atoms with Gasteiger partial charge in [-0.25, -0.2) is 4.79 Å². The number of hydrogen-bond acceptors (Lipinski definition) is 7. The van der Waals surface area contributed by atoms with Crippen molar-refractivity contribution in [1.29, 1.82) is 0 Å². The van der Waals surface area contributed by atoms with E-state index < -0.39 is 60.7 Å². The van der Waals surface area contributed by atoms with E-state index >= 15 is 0 Å². The Labute approximate surface area is 191 Å². The number of amides is 4. The minimum Gasteiger partial charge on any atom is -0.508 e. The fourth-order valence-corrected chi connectivity index (χ4v) is 2.90. The number of aliphatic carboxylic acids is 1. The summed E-state index contributed by atoms with van der Waals surface area (Å²) in [5.74, 6) is -4.40. The third kappa shape index (κ3) is 10.5. The van der Waals surface area contributed by atoms with Gasteiger partial charge in [0, 0.05) is 0 Å². The Morgan fingerprint density at radius 3 is 2.09 bits per heavy atom. The van der Waals surface area contributed by atoms with Gasteiger partial charge in [0.25, 0.3) is 0 Å². The Hall–Kier alpha value is -3.67. The van der Waals surface area contributed by atoms with Gasteiger partial charge >= 0.3 is 5.97 Å². The van der Waals surface area contributed by atoms with Crippen molar-refractivity contribution in [2.75, 3.05) is 6.54 Å². The summed E-state index contributed by atoms with van der Waals surface area (Å²) in [6, 6.07) is 2.52. The molecule has 12 heteroatoms. The van der Waals surface area contributed by atoms with Crippen LogP contribution in [0.1, 0.15) is 32.3 Å². The van der Waals surface area contributed by atoms with Gasteiger partial charge in [-0.2, -0.15) is 0 Å². The lowest BCUT2D eigenvalue weighted by molar-refractivity contribution is -0.142. The fourth-order valence-electron chi connectivity index (χ4n) is 2.90. The Morgan fingerprint density at radius 2 is 1.58 bits per heavy atom. The van der Waals surface area contributed by atoms with Gasteiger partial charge in [0.15, 0.2) is 0 Å². The summed E-state index contributed by atoms with van der Waals surface area (Å²) < 4.78 is 0. The van der Waals surface area contributed by atoms with Crippen LogP contribution in [-0.2, 0) is 30.4 Å². The Morgan fingerprint density at radius 1 is 0.970 bits per heavy atom. The maximum atomic E-state index is 12.5. The number of carbonyl (C=O) groups is 5. The molecule has 0 aromatic heterocycles. The molecule has 0 saturated heterocycles. The highest BCUT2D eigenvalue weighted by molar-refractivity contribution is 5.95. The molecule has 33 heavy (non-hydrogen) atoms. The maximum Gasteiger partial charge on any atom is 0.326 e. The predicted octanol–water partition coefficient (Wildman–Crippen LogP) is -1.65. The molecule has 0 aliphatic rings. The van der Waals surface area contributed by atoms with Gasteiger partial charge in [-0.15, -0.1) is 0 Å². The van der Waals surface area contributed by atoms with Crippen molar-refractivity contribution >= 4 is 29.6 Å². The first-order chi connectivity index (χ1) is 15.4. The van der Waals surface area contributed by atoms with Gasteiger partial charge in [-0.1, -0.05) is 26.0 Å². The zero-order valence-electron chi connectivity index (χ0n) is 18.5. The van der Waals surface area contributed by atoms with E-state index in [2.05, 4.69) is 16.0 Å². The number of nitrogens with two attached hydrogens (primary N) is 2. The van der Waals surface area contributed by atoms with Crippen LogP contribution in [0.15, 0.2) is 24.3 Å². The SMILES string of the molecule is CC(C)CC(NC(=O)C(CC(N)=O)NC(=O)CNC(=O)C(N)Cc1ccc(O)cc1)C(=O)O. The summed E-state index contributed by atoms with van der Waals surface area (Å²) in [6.07, 6.45) is -0.250. The summed E-state index contributed by atoms with van der Waals surface area (Å²) in [5, 5.41) is 25.4. The Bertz CT molecular complexity index is 857. The second-order valence-corrected chi connectivity index (χ2v) is 8.01. The van der Waals surface area contributed by atoms with Crippen molar-refractivity contribution in [2.24, 2.45) is 17.4 Å². The largest absolute Gasteiger partial charge is 0.508 e. The molecule has 0 fully saturated rings. The van der Waals surface area contributed by atoms with Gasteiger partial charge in [-0.05, 0) is 36.5 Å². The first-order valence-corrected chi connectivity index (χ1v) is 10.3. The molecule has 0 spiro atoms. The molecule has 0 radical (unpaired) electrons. The van der Waals surface area contributed by atoms with Crippen LogP contribution in [0.5, 0.6) is 5.75 Å². The Balaban J connectivity index is 2.65. The molecular weight excluding hydrogens is 434 g/mol. The van der Waals surface area contributed by atoms with Crippen molar-refractivity contribution in [3.63, 3.8) is 0 Å². The third-order valence-electron chi connectivity index (χ3n) is 4.53. The number of carboxylic acid groups (broad SMARTS) is 1. The molecule has 1 aromatic carbocycles. The summed E-state index contributed by atoms with van der Waals surface area (Å²) in [5.41, 5.74) is 11.7. The molecule has 0 bridgehead atoms. The molecule has 9 N–H and O–H groups in total. The molecule has 0 heterocycles. The molecule has 3 atom stereocenters. The maximum absolute atomic E-state index is 12.5. The quantitative estimate of drug-likeness (QED) is 0.179. The second kappa shape index (κ2) is 13.0. The van der Waals surface area contributed by atoms with E-state index in [9.17, 15) is 34.2 Å². The van der Waals surface area contributed by atoms with E-state index in [1.807, 2.05) is 0 Å². The number of phenolic OH excluding ortho intramolecular Hbond substituents is 1. The molecule has 3 unspecified atom stereocenters. The lowest BCUT2D eigenvalue weighted by atomic mass is 10.0. The minimum atomic E-state index is -1.41. The zero-order chi connectivity index (χ0) is 25.1. The number of aromatic hydroxyl groups is 1. The number of nitrogens with one attached hydrogen (secondary N) is 3. The highest BCUT2D eigenvalue weighted by atomic mass is 16.4. The van der Waals surface area contributed by atoms with E-state index in [1.165, 1.54) is 12.1 Å². The smallest absolute Gasteiger partial charge is 0.326 e. The number of hydrogen-bond donors (Lipinski definition) is 7. The van der Waals surface area contributed by atoms with E-state index in [0.29, 0.717) is 5.56 Å². The topological polar surface area (TPSA) is 214 Å². The van der Waals surface area contributed by atoms with Crippen molar-refractivity contribution < 1.29 is 34.2 Å². The lowest BCUT2D eigenvalue weighted by Gasteiger charge is -2.22. The number of primary amides is 1. The summed E-state index contributed by atoms with van der Waals surface area (Å²) >= 11 is 0. The first kappa shape index (κ1) is 27.4. The summed E-state index contributed by atoms with van der Waals surface area (Å²) in [6.45, 7) is 3.03. The molecular formula is C21H31N5O7. The molecule has 4 amide bonds. The number of benzene rings is 1. The average Bonchev–Trinajstić information content (AvgIpc) is 2.71. The van der Waals surface area contributed by atoms with E-state index in [4.69, 9.17) is 11.5 Å². The van der Waals surface area contributed by atoms with Crippen LogP contribution in [0.25, 0.3) is 0 Å². The van der Waals surface area contributed by atoms with Gasteiger partial charge in [0.1, 0.15) is 17.8 Å². The van der Waals surface area contributed by atoms with E-state index in [1.54, 1.807) is 26.0 Å². The van der Waals surface area contributed by atoms with E-state index in [-0.39, 0.29) is 24.5 Å². The average molecular weight is 466 g/mol. The summed E-state index contributed by atoms with van der Waals surface area (Å²) in [4.78, 5) is 59.5. The van der Waals surface area contributed by atoms with Gasteiger partial charge < -0.3 is 37.6 Å². The van der Waals surface area contributed by atoms with Gasteiger partial charge in [0.05, 0.1) is 19.0 Å².